The predicted octanol–water partition coefficient (Wildman–Crippen LogP) is 0.935. The number of benzene rings is 1. The molecule has 0 saturated heterocycles. The maximum absolute atomic E-state index is 11.7. The molecule has 94 valence electrons. The topological polar surface area (TPSA) is 101 Å². The molecule has 1 rings (SSSR count). The fourth-order valence-electron chi connectivity index (χ4n) is 1.31. The summed E-state index contributed by atoms with van der Waals surface area (Å²) in [5.41, 5.74) is -0.00285. The van der Waals surface area contributed by atoms with E-state index in [1.54, 1.807) is 6.92 Å². The van der Waals surface area contributed by atoms with Crippen LogP contribution in [0.4, 0.5) is 11.4 Å². The van der Waals surface area contributed by atoms with Crippen molar-refractivity contribution in [2.24, 2.45) is 0 Å². The number of nitro benzene ring substituents is 1. The Bertz CT molecular complexity index is 527. The monoisotopic (exact) mass is 259 g/mol. The molecular formula is C9H13N3O4S. The van der Waals surface area contributed by atoms with E-state index in [-0.39, 0.29) is 22.8 Å². The molecule has 0 bridgehead atoms. The minimum Gasteiger partial charge on any atom is -0.383 e. The molecule has 0 amide bonds. The van der Waals surface area contributed by atoms with Crippen molar-refractivity contribution in [3.63, 3.8) is 0 Å². The van der Waals surface area contributed by atoms with E-state index >= 15 is 0 Å². The summed E-state index contributed by atoms with van der Waals surface area (Å²) >= 11 is 0. The minimum absolute atomic E-state index is 0.120. The number of anilines is 1. The van der Waals surface area contributed by atoms with Gasteiger partial charge in [-0.2, -0.15) is 0 Å². The van der Waals surface area contributed by atoms with E-state index < -0.39 is 14.9 Å². The summed E-state index contributed by atoms with van der Waals surface area (Å²) in [6, 6.07) is 3.71. The Morgan fingerprint density at radius 2 is 2.06 bits per heavy atom. The smallest absolute Gasteiger partial charge is 0.293 e. The maximum Gasteiger partial charge on any atom is 0.293 e. The van der Waals surface area contributed by atoms with Crippen molar-refractivity contribution < 1.29 is 13.3 Å². The van der Waals surface area contributed by atoms with Gasteiger partial charge in [0.1, 0.15) is 5.69 Å². The molecule has 0 heterocycles. The molecule has 0 spiro atoms. The Hall–Kier alpha value is -1.67. The van der Waals surface area contributed by atoms with Crippen LogP contribution in [0, 0.1) is 10.1 Å². The lowest BCUT2D eigenvalue weighted by Gasteiger charge is -2.06. The molecule has 0 atom stereocenters. The lowest BCUT2D eigenvalue weighted by molar-refractivity contribution is -0.384. The van der Waals surface area contributed by atoms with Crippen molar-refractivity contribution in [3.05, 3.63) is 28.3 Å². The summed E-state index contributed by atoms with van der Waals surface area (Å²) in [6.07, 6.45) is 0. The second-order valence-corrected chi connectivity index (χ2v) is 4.95. The third kappa shape index (κ3) is 2.92. The molecule has 17 heavy (non-hydrogen) atoms. The van der Waals surface area contributed by atoms with E-state index in [9.17, 15) is 18.5 Å². The normalized spacial score (nSPS) is 11.2. The van der Waals surface area contributed by atoms with Crippen molar-refractivity contribution in [2.75, 3.05) is 18.9 Å². The quantitative estimate of drug-likeness (QED) is 0.605. The molecule has 0 fully saturated rings. The molecule has 8 heteroatoms. The van der Waals surface area contributed by atoms with Gasteiger partial charge in [-0.25, -0.2) is 13.1 Å². The maximum atomic E-state index is 11.7. The van der Waals surface area contributed by atoms with Crippen LogP contribution in [0.3, 0.4) is 0 Å². The average molecular weight is 259 g/mol. The number of nitrogens with zero attached hydrogens (tertiary/aromatic N) is 1. The lowest BCUT2D eigenvalue weighted by Crippen LogP contribution is -2.23. The molecule has 1 aromatic rings. The highest BCUT2D eigenvalue weighted by Crippen LogP contribution is 2.26. The largest absolute Gasteiger partial charge is 0.383 e. The molecule has 0 aliphatic carbocycles. The molecule has 2 N–H and O–H groups in total. The van der Waals surface area contributed by atoms with Gasteiger partial charge in [-0.3, -0.25) is 10.1 Å². The summed E-state index contributed by atoms with van der Waals surface area (Å²) in [5.74, 6) is 0. The first-order valence-electron chi connectivity index (χ1n) is 4.88. The molecule has 0 saturated carbocycles. The second-order valence-electron chi connectivity index (χ2n) is 3.19. The van der Waals surface area contributed by atoms with Crippen LogP contribution < -0.4 is 10.0 Å². The third-order valence-corrected chi connectivity index (χ3v) is 3.62. The van der Waals surface area contributed by atoms with Gasteiger partial charge in [0.25, 0.3) is 5.69 Å². The summed E-state index contributed by atoms with van der Waals surface area (Å²) in [4.78, 5) is 10.0. The molecule has 0 aliphatic heterocycles. The highest BCUT2D eigenvalue weighted by atomic mass is 32.2. The fraction of sp³-hybridized carbons (Fsp3) is 0.333. The zero-order valence-electron chi connectivity index (χ0n) is 9.43. The van der Waals surface area contributed by atoms with Crippen LogP contribution in [-0.4, -0.2) is 26.9 Å². The summed E-state index contributed by atoms with van der Waals surface area (Å²) in [6.45, 7) is 1.86. The first kappa shape index (κ1) is 13.4. The van der Waals surface area contributed by atoms with E-state index in [1.165, 1.54) is 19.2 Å². The van der Waals surface area contributed by atoms with E-state index in [2.05, 4.69) is 10.0 Å². The van der Waals surface area contributed by atoms with Gasteiger partial charge in [-0.1, -0.05) is 6.92 Å². The number of sulfonamides is 1. The number of nitrogens with one attached hydrogen (secondary N) is 2. The Kier molecular flexibility index (Phi) is 4.02. The Morgan fingerprint density at radius 1 is 1.41 bits per heavy atom. The van der Waals surface area contributed by atoms with Gasteiger partial charge >= 0.3 is 0 Å². The van der Waals surface area contributed by atoms with Crippen LogP contribution in [0.1, 0.15) is 6.92 Å². The molecular weight excluding hydrogens is 246 g/mol. The van der Waals surface area contributed by atoms with Crippen molar-refractivity contribution in [1.82, 2.24) is 4.72 Å². The van der Waals surface area contributed by atoms with Crippen LogP contribution in [-0.2, 0) is 10.0 Å². The fourth-order valence-corrected chi connectivity index (χ4v) is 2.38. The van der Waals surface area contributed by atoms with Gasteiger partial charge in [0.15, 0.2) is 0 Å². The van der Waals surface area contributed by atoms with Gasteiger partial charge in [0.05, 0.1) is 9.82 Å². The summed E-state index contributed by atoms with van der Waals surface area (Å²) < 4.78 is 25.6. The van der Waals surface area contributed by atoms with Crippen molar-refractivity contribution in [1.29, 1.82) is 0 Å². The molecule has 7 nitrogen and oxygen atoms in total. The predicted molar refractivity (Wildman–Crippen MR) is 63.5 cm³/mol. The molecule has 1 aromatic carbocycles. The molecule has 0 radical (unpaired) electrons. The number of hydrogen-bond donors (Lipinski definition) is 2. The minimum atomic E-state index is -3.67. The first-order valence-corrected chi connectivity index (χ1v) is 6.36. The highest BCUT2D eigenvalue weighted by molar-refractivity contribution is 7.89. The van der Waals surface area contributed by atoms with Gasteiger partial charge < -0.3 is 5.32 Å². The van der Waals surface area contributed by atoms with E-state index in [0.29, 0.717) is 0 Å². The van der Waals surface area contributed by atoms with Gasteiger partial charge in [-0.05, 0) is 12.1 Å². The lowest BCUT2D eigenvalue weighted by atomic mass is 10.3. The molecule has 0 unspecified atom stereocenters. The summed E-state index contributed by atoms with van der Waals surface area (Å²) in [5, 5.41) is 13.4. The SMILES string of the molecule is CCNS(=O)(=O)c1ccc(NC)c([N+](=O)[O-])c1. The van der Waals surface area contributed by atoms with Gasteiger partial charge in [0, 0.05) is 19.7 Å². The van der Waals surface area contributed by atoms with Crippen LogP contribution in [0.15, 0.2) is 23.1 Å². The molecule has 0 aromatic heterocycles. The number of nitro groups is 1. The Labute approximate surface area is 99.0 Å². The Morgan fingerprint density at radius 3 is 2.53 bits per heavy atom. The first-order chi connectivity index (χ1) is 7.92. The van der Waals surface area contributed by atoms with Crippen LogP contribution >= 0.6 is 0 Å². The van der Waals surface area contributed by atoms with Crippen LogP contribution in [0.2, 0.25) is 0 Å². The second kappa shape index (κ2) is 5.11. The van der Waals surface area contributed by atoms with E-state index in [4.69, 9.17) is 0 Å². The van der Waals surface area contributed by atoms with E-state index in [0.717, 1.165) is 6.07 Å². The standard InChI is InChI=1S/C9H13N3O4S/c1-3-11-17(15,16)7-4-5-8(10-2)9(6-7)12(13)14/h4-6,10-11H,3H2,1-2H3. The zero-order valence-corrected chi connectivity index (χ0v) is 10.2. The van der Waals surface area contributed by atoms with Crippen LogP contribution in [0.25, 0.3) is 0 Å². The van der Waals surface area contributed by atoms with Crippen molar-refractivity contribution in [2.45, 2.75) is 11.8 Å². The van der Waals surface area contributed by atoms with Crippen LogP contribution in [0.5, 0.6) is 0 Å². The number of hydrogen-bond acceptors (Lipinski definition) is 5. The summed E-state index contributed by atoms with van der Waals surface area (Å²) in [7, 11) is -2.14. The average Bonchev–Trinajstić information content (AvgIpc) is 2.28. The third-order valence-electron chi connectivity index (χ3n) is 2.08. The number of rotatable bonds is 5. The van der Waals surface area contributed by atoms with E-state index in [1.807, 2.05) is 0 Å². The van der Waals surface area contributed by atoms with Crippen molar-refractivity contribution >= 4 is 21.4 Å². The van der Waals surface area contributed by atoms with Gasteiger partial charge in [0.2, 0.25) is 10.0 Å². The highest BCUT2D eigenvalue weighted by Gasteiger charge is 2.19. The van der Waals surface area contributed by atoms with Crippen molar-refractivity contribution in [3.8, 4) is 0 Å². The molecule has 0 aliphatic rings. The zero-order chi connectivity index (χ0) is 13.1. The van der Waals surface area contributed by atoms with Gasteiger partial charge in [-0.15, -0.1) is 0 Å². The Balaban J connectivity index is 3.31.